The predicted octanol–water partition coefficient (Wildman–Crippen LogP) is 2.55. The lowest BCUT2D eigenvalue weighted by atomic mass is 10.1. The fourth-order valence-electron chi connectivity index (χ4n) is 2.51. The minimum Gasteiger partial charge on any atom is -0.481 e. The van der Waals surface area contributed by atoms with E-state index in [1.165, 1.54) is 0 Å². The largest absolute Gasteiger partial charge is 0.481 e. The van der Waals surface area contributed by atoms with Gasteiger partial charge in [0, 0.05) is 23.4 Å². The van der Waals surface area contributed by atoms with Crippen molar-refractivity contribution in [2.24, 2.45) is 0 Å². The van der Waals surface area contributed by atoms with Crippen LogP contribution in [0.5, 0.6) is 5.88 Å². The monoisotopic (exact) mass is 268 g/mol. The first kappa shape index (κ1) is 12.7. The first-order valence-electron chi connectivity index (χ1n) is 6.56. The van der Waals surface area contributed by atoms with Gasteiger partial charge in [-0.3, -0.25) is 4.79 Å². The Kier molecular flexibility index (Phi) is 3.14. The minimum atomic E-state index is 0.0724. The van der Waals surface area contributed by atoms with E-state index in [1.807, 2.05) is 48.2 Å². The second kappa shape index (κ2) is 4.96. The van der Waals surface area contributed by atoms with E-state index in [4.69, 9.17) is 4.74 Å². The third kappa shape index (κ3) is 2.13. The summed E-state index contributed by atoms with van der Waals surface area (Å²) < 4.78 is 5.30. The molecule has 1 amide bonds. The molecular weight excluding hydrogens is 252 g/mol. The normalized spacial score (nSPS) is 13.5. The van der Waals surface area contributed by atoms with Crippen LogP contribution in [0.25, 0.3) is 0 Å². The molecule has 1 aliphatic rings. The molecule has 4 heteroatoms. The molecule has 1 aromatic heterocycles. The van der Waals surface area contributed by atoms with Gasteiger partial charge in [-0.05, 0) is 24.6 Å². The maximum Gasteiger partial charge on any atom is 0.254 e. The Hall–Kier alpha value is -2.36. The smallest absolute Gasteiger partial charge is 0.254 e. The molecule has 1 aliphatic heterocycles. The number of ether oxygens (including phenoxy) is 1. The summed E-state index contributed by atoms with van der Waals surface area (Å²) in [4.78, 5) is 18.5. The average molecular weight is 268 g/mol. The first-order valence-corrected chi connectivity index (χ1v) is 6.56. The van der Waals surface area contributed by atoms with Gasteiger partial charge in [0.1, 0.15) is 0 Å². The van der Waals surface area contributed by atoms with Crippen LogP contribution in [0.15, 0.2) is 36.4 Å². The lowest BCUT2D eigenvalue weighted by Gasteiger charge is -2.17. The molecule has 2 heterocycles. The molecule has 3 rings (SSSR count). The number of benzene rings is 1. The molecule has 0 unspecified atom stereocenters. The lowest BCUT2D eigenvalue weighted by Crippen LogP contribution is -2.23. The molecule has 102 valence electrons. The Balaban J connectivity index is 1.86. The number of pyridine rings is 1. The van der Waals surface area contributed by atoms with E-state index >= 15 is 0 Å². The number of methoxy groups -OCH3 is 1. The molecule has 0 aliphatic carbocycles. The van der Waals surface area contributed by atoms with E-state index in [-0.39, 0.29) is 5.91 Å². The number of carbonyl (C=O) groups is 1. The van der Waals surface area contributed by atoms with Gasteiger partial charge in [-0.2, -0.15) is 0 Å². The van der Waals surface area contributed by atoms with Gasteiger partial charge in [0.05, 0.1) is 13.7 Å². The van der Waals surface area contributed by atoms with Gasteiger partial charge in [-0.1, -0.05) is 24.3 Å². The molecule has 0 fully saturated rings. The third-order valence-electron chi connectivity index (χ3n) is 3.53. The van der Waals surface area contributed by atoms with Crippen LogP contribution in [-0.4, -0.2) is 22.9 Å². The lowest BCUT2D eigenvalue weighted by molar-refractivity contribution is 0.0765. The number of hydrogen-bond donors (Lipinski definition) is 0. The average Bonchev–Trinajstić information content (AvgIpc) is 2.78. The maximum atomic E-state index is 12.3. The summed E-state index contributed by atoms with van der Waals surface area (Å²) in [5.74, 6) is 0.664. The Bertz CT molecular complexity index is 667. The number of rotatable bonds is 3. The first-order chi connectivity index (χ1) is 9.69. The molecular formula is C16H16N2O2. The topological polar surface area (TPSA) is 42.4 Å². The zero-order valence-corrected chi connectivity index (χ0v) is 11.6. The van der Waals surface area contributed by atoms with Gasteiger partial charge in [0.15, 0.2) is 0 Å². The zero-order chi connectivity index (χ0) is 14.1. The summed E-state index contributed by atoms with van der Waals surface area (Å²) in [7, 11) is 1.60. The SMILES string of the molecule is COc1nc(C)ccc1CN1Cc2ccccc2C1=O. The van der Waals surface area contributed by atoms with E-state index in [1.54, 1.807) is 7.11 Å². The van der Waals surface area contributed by atoms with Crippen molar-refractivity contribution in [3.63, 3.8) is 0 Å². The van der Waals surface area contributed by atoms with Crippen molar-refractivity contribution in [1.29, 1.82) is 0 Å². The quantitative estimate of drug-likeness (QED) is 0.859. The number of fused-ring (bicyclic) bond motifs is 1. The van der Waals surface area contributed by atoms with E-state index in [2.05, 4.69) is 4.98 Å². The fourth-order valence-corrected chi connectivity index (χ4v) is 2.51. The highest BCUT2D eigenvalue weighted by Crippen LogP contribution is 2.26. The Labute approximate surface area is 118 Å². The second-order valence-corrected chi connectivity index (χ2v) is 4.94. The molecule has 2 aromatic rings. The molecule has 0 spiro atoms. The number of nitrogens with zero attached hydrogens (tertiary/aromatic N) is 2. The van der Waals surface area contributed by atoms with Crippen LogP contribution >= 0.6 is 0 Å². The van der Waals surface area contributed by atoms with Crippen molar-refractivity contribution in [2.45, 2.75) is 20.0 Å². The van der Waals surface area contributed by atoms with Crippen LogP contribution in [0, 0.1) is 6.92 Å². The number of amides is 1. The van der Waals surface area contributed by atoms with E-state index in [9.17, 15) is 4.79 Å². The molecule has 0 bridgehead atoms. The van der Waals surface area contributed by atoms with Gasteiger partial charge in [-0.25, -0.2) is 4.98 Å². The highest BCUT2D eigenvalue weighted by molar-refractivity contribution is 5.98. The van der Waals surface area contributed by atoms with E-state index in [0.717, 1.165) is 22.4 Å². The summed E-state index contributed by atoms with van der Waals surface area (Å²) in [5.41, 5.74) is 3.71. The summed E-state index contributed by atoms with van der Waals surface area (Å²) in [6, 6.07) is 11.6. The van der Waals surface area contributed by atoms with Gasteiger partial charge in [-0.15, -0.1) is 0 Å². The molecule has 20 heavy (non-hydrogen) atoms. The van der Waals surface area contributed by atoms with Crippen LogP contribution in [0.2, 0.25) is 0 Å². The summed E-state index contributed by atoms with van der Waals surface area (Å²) in [6.07, 6.45) is 0. The Morgan fingerprint density at radius 3 is 2.80 bits per heavy atom. The molecule has 0 N–H and O–H groups in total. The molecule has 0 radical (unpaired) electrons. The third-order valence-corrected chi connectivity index (χ3v) is 3.53. The zero-order valence-electron chi connectivity index (χ0n) is 11.6. The van der Waals surface area contributed by atoms with Crippen LogP contribution in [0.4, 0.5) is 0 Å². The number of aryl methyl sites for hydroxylation is 1. The summed E-state index contributed by atoms with van der Waals surface area (Å²) >= 11 is 0. The second-order valence-electron chi connectivity index (χ2n) is 4.94. The van der Waals surface area contributed by atoms with E-state index in [0.29, 0.717) is 19.0 Å². The van der Waals surface area contributed by atoms with Crippen LogP contribution < -0.4 is 4.74 Å². The summed E-state index contributed by atoms with van der Waals surface area (Å²) in [6.45, 7) is 3.08. The molecule has 0 saturated heterocycles. The van der Waals surface area contributed by atoms with Gasteiger partial charge in [0.2, 0.25) is 5.88 Å². The number of carbonyl (C=O) groups excluding carboxylic acids is 1. The standard InChI is InChI=1S/C16H16N2O2/c1-11-7-8-13(15(17-11)20-2)10-18-9-12-5-3-4-6-14(12)16(18)19/h3-8H,9-10H2,1-2H3. The molecule has 0 atom stereocenters. The minimum absolute atomic E-state index is 0.0724. The number of aromatic nitrogens is 1. The summed E-state index contributed by atoms with van der Waals surface area (Å²) in [5, 5.41) is 0. The van der Waals surface area contributed by atoms with Crippen molar-refractivity contribution in [2.75, 3.05) is 7.11 Å². The van der Waals surface area contributed by atoms with Crippen LogP contribution in [-0.2, 0) is 13.1 Å². The van der Waals surface area contributed by atoms with Crippen LogP contribution in [0.3, 0.4) is 0 Å². The highest BCUT2D eigenvalue weighted by atomic mass is 16.5. The Morgan fingerprint density at radius 2 is 2.05 bits per heavy atom. The van der Waals surface area contributed by atoms with Crippen molar-refractivity contribution < 1.29 is 9.53 Å². The van der Waals surface area contributed by atoms with Gasteiger partial charge >= 0.3 is 0 Å². The number of hydrogen-bond acceptors (Lipinski definition) is 3. The predicted molar refractivity (Wildman–Crippen MR) is 75.5 cm³/mol. The van der Waals surface area contributed by atoms with Gasteiger partial charge < -0.3 is 9.64 Å². The van der Waals surface area contributed by atoms with Crippen LogP contribution in [0.1, 0.15) is 27.2 Å². The molecule has 4 nitrogen and oxygen atoms in total. The molecule has 0 saturated carbocycles. The van der Waals surface area contributed by atoms with E-state index < -0.39 is 0 Å². The van der Waals surface area contributed by atoms with Gasteiger partial charge in [0.25, 0.3) is 5.91 Å². The van der Waals surface area contributed by atoms with Crippen molar-refractivity contribution in [1.82, 2.24) is 9.88 Å². The molecule has 1 aromatic carbocycles. The highest BCUT2D eigenvalue weighted by Gasteiger charge is 2.27. The fraction of sp³-hybridized carbons (Fsp3) is 0.250. The van der Waals surface area contributed by atoms with Crippen molar-refractivity contribution in [3.05, 3.63) is 58.8 Å². The maximum absolute atomic E-state index is 12.3. The Morgan fingerprint density at radius 1 is 1.25 bits per heavy atom. The van der Waals surface area contributed by atoms with Crippen molar-refractivity contribution >= 4 is 5.91 Å². The van der Waals surface area contributed by atoms with Crippen molar-refractivity contribution in [3.8, 4) is 5.88 Å².